The molecule has 1 amide bonds. The molecule has 31 heavy (non-hydrogen) atoms. The summed E-state index contributed by atoms with van der Waals surface area (Å²) in [7, 11) is 1.47. The molecule has 0 unspecified atom stereocenters. The number of halogens is 3. The number of benzene rings is 2. The molecular weight excluding hydrogens is 435 g/mol. The standard InChI is InChI=1S/C20H18F3N3O4S/c1-28-9-10-29-16-8-7-14(20(21,22)23)11-15(16)24-17(27)12-31-19-26-25-18(30-19)13-5-3-2-4-6-13/h2-8,11H,9-10,12H2,1H3,(H,24,27). The number of thioether (sulfide) groups is 1. The second-order valence-electron chi connectivity index (χ2n) is 6.13. The summed E-state index contributed by atoms with van der Waals surface area (Å²) in [6.07, 6.45) is -4.56. The van der Waals surface area contributed by atoms with Crippen LogP contribution in [0.3, 0.4) is 0 Å². The molecule has 3 aromatic rings. The zero-order valence-electron chi connectivity index (χ0n) is 16.3. The van der Waals surface area contributed by atoms with Gasteiger partial charge in [-0.05, 0) is 30.3 Å². The van der Waals surface area contributed by atoms with E-state index in [0.717, 1.165) is 35.5 Å². The fourth-order valence-electron chi connectivity index (χ4n) is 2.44. The van der Waals surface area contributed by atoms with E-state index in [1.165, 1.54) is 7.11 Å². The molecular formula is C20H18F3N3O4S. The third-order valence-corrected chi connectivity index (χ3v) is 4.70. The second kappa shape index (κ2) is 10.3. The van der Waals surface area contributed by atoms with Crippen LogP contribution in [0.4, 0.5) is 18.9 Å². The van der Waals surface area contributed by atoms with Gasteiger partial charge in [-0.25, -0.2) is 0 Å². The van der Waals surface area contributed by atoms with E-state index in [4.69, 9.17) is 13.9 Å². The van der Waals surface area contributed by atoms with E-state index < -0.39 is 17.6 Å². The molecule has 0 saturated heterocycles. The van der Waals surface area contributed by atoms with E-state index in [0.29, 0.717) is 5.89 Å². The van der Waals surface area contributed by atoms with Gasteiger partial charge in [-0.15, -0.1) is 10.2 Å². The summed E-state index contributed by atoms with van der Waals surface area (Å²) in [4.78, 5) is 12.3. The fraction of sp³-hybridized carbons (Fsp3) is 0.250. The molecule has 11 heteroatoms. The minimum Gasteiger partial charge on any atom is -0.489 e. The molecule has 1 N–H and O–H groups in total. The lowest BCUT2D eigenvalue weighted by molar-refractivity contribution is -0.137. The lowest BCUT2D eigenvalue weighted by Gasteiger charge is -2.15. The number of methoxy groups -OCH3 is 1. The monoisotopic (exact) mass is 453 g/mol. The molecule has 0 spiro atoms. The average Bonchev–Trinajstić information content (AvgIpc) is 3.22. The number of aromatic nitrogens is 2. The summed E-state index contributed by atoms with van der Waals surface area (Å²) in [6.45, 7) is 0.356. The van der Waals surface area contributed by atoms with Gasteiger partial charge >= 0.3 is 6.18 Å². The number of carbonyl (C=O) groups excluding carboxylic acids is 1. The molecule has 0 fully saturated rings. The SMILES string of the molecule is COCCOc1ccc(C(F)(F)F)cc1NC(=O)CSc1nnc(-c2ccccc2)o1. The fourth-order valence-corrected chi connectivity index (χ4v) is 3.01. The molecule has 0 saturated carbocycles. The summed E-state index contributed by atoms with van der Waals surface area (Å²) >= 11 is 0.965. The van der Waals surface area contributed by atoms with Crippen molar-refractivity contribution in [2.75, 3.05) is 31.4 Å². The van der Waals surface area contributed by atoms with E-state index >= 15 is 0 Å². The van der Waals surface area contributed by atoms with E-state index in [1.54, 1.807) is 12.1 Å². The lowest BCUT2D eigenvalue weighted by atomic mass is 10.1. The van der Waals surface area contributed by atoms with Crippen molar-refractivity contribution in [3.8, 4) is 17.2 Å². The lowest BCUT2D eigenvalue weighted by Crippen LogP contribution is -2.17. The van der Waals surface area contributed by atoms with Gasteiger partial charge in [0.1, 0.15) is 12.4 Å². The third-order valence-electron chi connectivity index (χ3n) is 3.88. The predicted octanol–water partition coefficient (Wildman–Crippen LogP) is 4.51. The number of ether oxygens (including phenoxy) is 2. The first-order chi connectivity index (χ1) is 14.9. The van der Waals surface area contributed by atoms with Crippen LogP contribution in [0, 0.1) is 0 Å². The molecule has 0 radical (unpaired) electrons. The van der Waals surface area contributed by atoms with E-state index in [9.17, 15) is 18.0 Å². The van der Waals surface area contributed by atoms with Crippen molar-refractivity contribution in [3.05, 3.63) is 54.1 Å². The topological polar surface area (TPSA) is 86.5 Å². The summed E-state index contributed by atoms with van der Waals surface area (Å²) in [5.41, 5.74) is -0.265. The Morgan fingerprint density at radius 3 is 2.61 bits per heavy atom. The zero-order chi connectivity index (χ0) is 22.3. The Balaban J connectivity index is 1.65. The van der Waals surface area contributed by atoms with Gasteiger partial charge in [0.05, 0.1) is 23.6 Å². The molecule has 0 aliphatic rings. The number of nitrogens with zero attached hydrogens (tertiary/aromatic N) is 2. The summed E-state index contributed by atoms with van der Waals surface area (Å²) in [6, 6.07) is 12.0. The van der Waals surface area contributed by atoms with Crippen molar-refractivity contribution in [3.63, 3.8) is 0 Å². The largest absolute Gasteiger partial charge is 0.489 e. The number of rotatable bonds is 9. The molecule has 7 nitrogen and oxygen atoms in total. The molecule has 0 aliphatic heterocycles. The minimum absolute atomic E-state index is 0.0907. The van der Waals surface area contributed by atoms with Crippen LogP contribution in [0.15, 0.2) is 58.2 Å². The molecule has 2 aromatic carbocycles. The highest BCUT2D eigenvalue weighted by Gasteiger charge is 2.31. The Hall–Kier alpha value is -3.05. The normalized spacial score (nSPS) is 11.4. The Morgan fingerprint density at radius 2 is 1.90 bits per heavy atom. The van der Waals surface area contributed by atoms with Crippen LogP contribution in [0.25, 0.3) is 11.5 Å². The first-order valence-electron chi connectivity index (χ1n) is 9.01. The van der Waals surface area contributed by atoms with Gasteiger partial charge in [0.2, 0.25) is 11.8 Å². The van der Waals surface area contributed by atoms with Crippen molar-refractivity contribution in [1.82, 2.24) is 10.2 Å². The van der Waals surface area contributed by atoms with Crippen LogP contribution in [0.5, 0.6) is 5.75 Å². The number of carbonyl (C=O) groups is 1. The quantitative estimate of drug-likeness (QED) is 0.377. The number of anilines is 1. The van der Waals surface area contributed by atoms with Gasteiger partial charge < -0.3 is 19.2 Å². The molecule has 1 aromatic heterocycles. The average molecular weight is 453 g/mol. The molecule has 0 aliphatic carbocycles. The van der Waals surface area contributed by atoms with Crippen molar-refractivity contribution in [1.29, 1.82) is 0 Å². The number of nitrogens with one attached hydrogen (secondary N) is 1. The summed E-state index contributed by atoms with van der Waals surface area (Å²) < 4.78 is 54.9. The van der Waals surface area contributed by atoms with Gasteiger partial charge in [0.15, 0.2) is 0 Å². The minimum atomic E-state index is -4.56. The van der Waals surface area contributed by atoms with Gasteiger partial charge in [0.25, 0.3) is 5.22 Å². The molecule has 1 heterocycles. The Kier molecular flexibility index (Phi) is 7.53. The van der Waals surface area contributed by atoms with Crippen LogP contribution in [-0.4, -0.2) is 42.2 Å². The van der Waals surface area contributed by atoms with E-state index in [1.807, 2.05) is 18.2 Å². The highest BCUT2D eigenvalue weighted by Crippen LogP contribution is 2.35. The van der Waals surface area contributed by atoms with Gasteiger partial charge in [-0.1, -0.05) is 30.0 Å². The van der Waals surface area contributed by atoms with Crippen LogP contribution in [-0.2, 0) is 15.7 Å². The van der Waals surface area contributed by atoms with E-state index in [-0.39, 0.29) is 35.6 Å². The van der Waals surface area contributed by atoms with Gasteiger partial charge in [0, 0.05) is 12.7 Å². The summed E-state index contributed by atoms with van der Waals surface area (Å²) in [5.74, 6) is -0.298. The predicted molar refractivity (Wildman–Crippen MR) is 108 cm³/mol. The Labute approximate surface area is 179 Å². The second-order valence-corrected chi connectivity index (χ2v) is 7.05. The smallest absolute Gasteiger partial charge is 0.416 e. The maximum Gasteiger partial charge on any atom is 0.416 e. The number of alkyl halides is 3. The summed E-state index contributed by atoms with van der Waals surface area (Å²) in [5, 5.41) is 10.4. The van der Waals surface area contributed by atoms with Crippen LogP contribution < -0.4 is 10.1 Å². The Bertz CT molecular complexity index is 1010. The zero-order valence-corrected chi connectivity index (χ0v) is 17.1. The van der Waals surface area contributed by atoms with Crippen LogP contribution >= 0.6 is 11.8 Å². The number of amides is 1. The molecule has 3 rings (SSSR count). The van der Waals surface area contributed by atoms with Gasteiger partial charge in [-0.2, -0.15) is 13.2 Å². The third kappa shape index (κ3) is 6.46. The van der Waals surface area contributed by atoms with Crippen molar-refractivity contribution < 1.29 is 31.9 Å². The number of hydrogen-bond donors (Lipinski definition) is 1. The highest BCUT2D eigenvalue weighted by atomic mass is 32.2. The number of hydrogen-bond acceptors (Lipinski definition) is 7. The maximum absolute atomic E-state index is 13.1. The van der Waals surface area contributed by atoms with Crippen LogP contribution in [0.2, 0.25) is 0 Å². The van der Waals surface area contributed by atoms with E-state index in [2.05, 4.69) is 15.5 Å². The van der Waals surface area contributed by atoms with Crippen LogP contribution in [0.1, 0.15) is 5.56 Å². The van der Waals surface area contributed by atoms with Gasteiger partial charge in [-0.3, -0.25) is 4.79 Å². The molecule has 0 bridgehead atoms. The molecule has 0 atom stereocenters. The first kappa shape index (κ1) is 22.6. The maximum atomic E-state index is 13.1. The van der Waals surface area contributed by atoms with Crippen molar-refractivity contribution in [2.45, 2.75) is 11.4 Å². The van der Waals surface area contributed by atoms with Crippen molar-refractivity contribution >= 4 is 23.4 Å². The first-order valence-corrected chi connectivity index (χ1v) is 10.00. The molecule has 164 valence electrons. The van der Waals surface area contributed by atoms with Crippen molar-refractivity contribution in [2.24, 2.45) is 0 Å². The highest BCUT2D eigenvalue weighted by molar-refractivity contribution is 7.99. The Morgan fingerprint density at radius 1 is 1.13 bits per heavy atom.